The number of carbonyl (C=O) groups is 2. The molecule has 4 atom stereocenters. The van der Waals surface area contributed by atoms with E-state index in [2.05, 4.69) is 18.2 Å². The van der Waals surface area contributed by atoms with Crippen LogP contribution in [0.15, 0.2) is 12.2 Å². The predicted molar refractivity (Wildman–Crippen MR) is 63.9 cm³/mol. The second kappa shape index (κ2) is 4.24. The first-order valence-electron chi connectivity index (χ1n) is 6.64. The van der Waals surface area contributed by atoms with Crippen LogP contribution in [-0.2, 0) is 9.59 Å². The Morgan fingerprint density at radius 3 is 2.33 bits per heavy atom. The van der Waals surface area contributed by atoms with Gasteiger partial charge in [0, 0.05) is 13.0 Å². The molecule has 2 bridgehead atoms. The number of nitriles is 1. The minimum absolute atomic E-state index is 0.0267. The highest BCUT2D eigenvalue weighted by Crippen LogP contribution is 2.52. The van der Waals surface area contributed by atoms with E-state index < -0.39 is 0 Å². The van der Waals surface area contributed by atoms with Gasteiger partial charge in [0.15, 0.2) is 0 Å². The van der Waals surface area contributed by atoms with Gasteiger partial charge >= 0.3 is 0 Å². The zero-order chi connectivity index (χ0) is 12.7. The molecule has 1 heterocycles. The molecule has 1 saturated carbocycles. The fraction of sp³-hybridized carbons (Fsp3) is 0.643. The Bertz CT molecular complexity index is 433. The van der Waals surface area contributed by atoms with Gasteiger partial charge in [-0.3, -0.25) is 14.5 Å². The zero-order valence-corrected chi connectivity index (χ0v) is 10.2. The van der Waals surface area contributed by atoms with E-state index in [0.29, 0.717) is 24.8 Å². The summed E-state index contributed by atoms with van der Waals surface area (Å²) in [5, 5.41) is 8.47. The van der Waals surface area contributed by atoms with Crippen LogP contribution in [0.4, 0.5) is 0 Å². The summed E-state index contributed by atoms with van der Waals surface area (Å²) in [6.45, 7) is 0.492. The van der Waals surface area contributed by atoms with Crippen molar-refractivity contribution in [2.24, 2.45) is 23.7 Å². The molecule has 3 aliphatic rings. The molecule has 4 nitrogen and oxygen atoms in total. The minimum atomic E-state index is -0.0801. The Hall–Kier alpha value is -1.63. The van der Waals surface area contributed by atoms with Gasteiger partial charge in [-0.25, -0.2) is 0 Å². The highest BCUT2D eigenvalue weighted by molar-refractivity contribution is 6.06. The fourth-order valence-electron chi connectivity index (χ4n) is 3.66. The number of fused-ring (bicyclic) bond motifs is 5. The van der Waals surface area contributed by atoms with E-state index in [9.17, 15) is 9.59 Å². The van der Waals surface area contributed by atoms with Gasteiger partial charge in [-0.05, 0) is 31.1 Å². The average Bonchev–Trinajstić information content (AvgIpc) is 3.02. The van der Waals surface area contributed by atoms with Crippen LogP contribution in [0.5, 0.6) is 0 Å². The summed E-state index contributed by atoms with van der Waals surface area (Å²) in [5.41, 5.74) is 0. The SMILES string of the molecule is N#CCCCCN1C(=O)C2C3C=CC(C3)C2C1=O. The van der Waals surface area contributed by atoms with E-state index in [0.717, 1.165) is 19.3 Å². The van der Waals surface area contributed by atoms with Crippen LogP contribution >= 0.6 is 0 Å². The second-order valence-electron chi connectivity index (χ2n) is 5.44. The largest absolute Gasteiger partial charge is 0.282 e. The molecule has 2 aliphatic carbocycles. The Kier molecular flexibility index (Phi) is 2.70. The summed E-state index contributed by atoms with van der Waals surface area (Å²) >= 11 is 0. The van der Waals surface area contributed by atoms with Crippen molar-refractivity contribution >= 4 is 11.8 Å². The second-order valence-corrected chi connectivity index (χ2v) is 5.44. The van der Waals surface area contributed by atoms with E-state index >= 15 is 0 Å². The maximum atomic E-state index is 12.3. The Morgan fingerprint density at radius 2 is 1.78 bits per heavy atom. The number of nitrogens with zero attached hydrogens (tertiary/aromatic N) is 2. The molecule has 2 amide bonds. The lowest BCUT2D eigenvalue weighted by atomic mass is 9.85. The van der Waals surface area contributed by atoms with Gasteiger partial charge < -0.3 is 0 Å². The molecule has 0 aromatic heterocycles. The molecule has 4 heteroatoms. The van der Waals surface area contributed by atoms with E-state index in [-0.39, 0.29) is 23.7 Å². The molecular weight excluding hydrogens is 228 g/mol. The number of unbranched alkanes of at least 4 members (excludes halogenated alkanes) is 2. The predicted octanol–water partition coefficient (Wildman–Crippen LogP) is 1.49. The quantitative estimate of drug-likeness (QED) is 0.427. The van der Waals surface area contributed by atoms with Crippen molar-refractivity contribution in [2.45, 2.75) is 25.7 Å². The van der Waals surface area contributed by atoms with Crippen LogP contribution in [0.25, 0.3) is 0 Å². The fourth-order valence-corrected chi connectivity index (χ4v) is 3.66. The number of imide groups is 1. The van der Waals surface area contributed by atoms with Crippen LogP contribution in [0.1, 0.15) is 25.7 Å². The summed E-state index contributed by atoms with van der Waals surface area (Å²) in [7, 11) is 0. The lowest BCUT2D eigenvalue weighted by Crippen LogP contribution is -2.33. The lowest BCUT2D eigenvalue weighted by Gasteiger charge is -2.16. The molecule has 4 unspecified atom stereocenters. The summed E-state index contributed by atoms with van der Waals surface area (Å²) in [4.78, 5) is 26.0. The standard InChI is InChI=1S/C14H16N2O2/c15-6-2-1-3-7-16-13(17)11-9-4-5-10(8-9)12(11)14(16)18/h4-5,9-12H,1-3,7-8H2. The van der Waals surface area contributed by atoms with Gasteiger partial charge in [-0.1, -0.05) is 12.2 Å². The topological polar surface area (TPSA) is 61.2 Å². The van der Waals surface area contributed by atoms with Crippen LogP contribution in [0, 0.1) is 35.0 Å². The normalized spacial score (nSPS) is 36.3. The summed E-state index contributed by atoms with van der Waals surface area (Å²) < 4.78 is 0. The number of hydrogen-bond acceptors (Lipinski definition) is 3. The van der Waals surface area contributed by atoms with Crippen LogP contribution in [0.3, 0.4) is 0 Å². The van der Waals surface area contributed by atoms with Gasteiger partial charge in [-0.15, -0.1) is 0 Å². The van der Waals surface area contributed by atoms with E-state index in [4.69, 9.17) is 5.26 Å². The van der Waals surface area contributed by atoms with Crippen molar-refractivity contribution in [2.75, 3.05) is 6.54 Å². The average molecular weight is 244 g/mol. The molecule has 0 aromatic carbocycles. The number of allylic oxidation sites excluding steroid dienone is 2. The van der Waals surface area contributed by atoms with Crippen molar-refractivity contribution in [3.05, 3.63) is 12.2 Å². The third-order valence-electron chi connectivity index (χ3n) is 4.48. The maximum absolute atomic E-state index is 12.3. The van der Waals surface area contributed by atoms with E-state index in [1.54, 1.807) is 0 Å². The van der Waals surface area contributed by atoms with Crippen LogP contribution in [-0.4, -0.2) is 23.3 Å². The molecule has 1 aliphatic heterocycles. The lowest BCUT2D eigenvalue weighted by molar-refractivity contribution is -0.140. The third-order valence-corrected chi connectivity index (χ3v) is 4.48. The number of hydrogen-bond donors (Lipinski definition) is 0. The smallest absolute Gasteiger partial charge is 0.233 e. The zero-order valence-electron chi connectivity index (χ0n) is 10.2. The first kappa shape index (κ1) is 11.5. The monoisotopic (exact) mass is 244 g/mol. The molecule has 0 spiro atoms. The minimum Gasteiger partial charge on any atom is -0.282 e. The van der Waals surface area contributed by atoms with Crippen LogP contribution in [0.2, 0.25) is 0 Å². The van der Waals surface area contributed by atoms with Gasteiger partial charge in [0.05, 0.1) is 17.9 Å². The van der Waals surface area contributed by atoms with Crippen molar-refractivity contribution in [1.29, 1.82) is 5.26 Å². The molecule has 2 fully saturated rings. The number of rotatable bonds is 4. The third kappa shape index (κ3) is 1.50. The van der Waals surface area contributed by atoms with Crippen molar-refractivity contribution in [3.63, 3.8) is 0 Å². The Labute approximate surface area is 106 Å². The molecular formula is C14H16N2O2. The van der Waals surface area contributed by atoms with E-state index in [1.165, 1.54) is 4.90 Å². The first-order valence-corrected chi connectivity index (χ1v) is 6.64. The van der Waals surface area contributed by atoms with Crippen LogP contribution < -0.4 is 0 Å². The molecule has 0 N–H and O–H groups in total. The van der Waals surface area contributed by atoms with Crippen molar-refractivity contribution in [1.82, 2.24) is 4.90 Å². The molecule has 94 valence electrons. The molecule has 0 radical (unpaired) electrons. The highest BCUT2D eigenvalue weighted by Gasteiger charge is 2.58. The van der Waals surface area contributed by atoms with Gasteiger partial charge in [-0.2, -0.15) is 5.26 Å². The summed E-state index contributed by atoms with van der Waals surface area (Å²) in [5.74, 6) is 0.477. The number of likely N-dealkylation sites (tertiary alicyclic amines) is 1. The van der Waals surface area contributed by atoms with Gasteiger partial charge in [0.25, 0.3) is 0 Å². The number of amides is 2. The summed E-state index contributed by atoms with van der Waals surface area (Å²) in [6, 6.07) is 2.08. The van der Waals surface area contributed by atoms with Gasteiger partial charge in [0.1, 0.15) is 0 Å². The Morgan fingerprint density at radius 1 is 1.17 bits per heavy atom. The molecule has 0 aromatic rings. The highest BCUT2D eigenvalue weighted by atomic mass is 16.2. The van der Waals surface area contributed by atoms with E-state index in [1.807, 2.05) is 0 Å². The maximum Gasteiger partial charge on any atom is 0.233 e. The molecule has 18 heavy (non-hydrogen) atoms. The first-order chi connectivity index (χ1) is 8.74. The number of carbonyl (C=O) groups excluding carboxylic acids is 2. The molecule has 3 rings (SSSR count). The van der Waals surface area contributed by atoms with Crippen molar-refractivity contribution in [3.8, 4) is 6.07 Å². The van der Waals surface area contributed by atoms with Crippen molar-refractivity contribution < 1.29 is 9.59 Å². The Balaban J connectivity index is 1.67. The molecule has 1 saturated heterocycles. The summed E-state index contributed by atoms with van der Waals surface area (Å²) in [6.07, 6.45) is 7.19. The van der Waals surface area contributed by atoms with Gasteiger partial charge in [0.2, 0.25) is 11.8 Å².